The highest BCUT2D eigenvalue weighted by Gasteiger charge is 2.10. The number of hydrogen-bond acceptors (Lipinski definition) is 4. The van der Waals surface area contributed by atoms with Gasteiger partial charge in [0.2, 0.25) is 0 Å². The van der Waals surface area contributed by atoms with Crippen molar-refractivity contribution in [3.05, 3.63) is 12.5 Å². The molecule has 90 valence electrons. The van der Waals surface area contributed by atoms with E-state index in [-0.39, 0.29) is 11.4 Å². The summed E-state index contributed by atoms with van der Waals surface area (Å²) in [6.07, 6.45) is 3.98. The van der Waals surface area contributed by atoms with Gasteiger partial charge in [-0.05, 0) is 12.8 Å². The molecule has 1 aromatic heterocycles. The summed E-state index contributed by atoms with van der Waals surface area (Å²) in [5.74, 6) is -0.837. The normalized spacial score (nSPS) is 11.6. The number of hydrogen-bond donors (Lipinski definition) is 2. The van der Waals surface area contributed by atoms with E-state index in [0.717, 1.165) is 0 Å². The van der Waals surface area contributed by atoms with Gasteiger partial charge in [-0.3, -0.25) is 4.79 Å². The average molecular weight is 247 g/mol. The van der Waals surface area contributed by atoms with Crippen molar-refractivity contribution in [2.45, 2.75) is 30.8 Å². The van der Waals surface area contributed by atoms with E-state index < -0.39 is 16.0 Å². The minimum absolute atomic E-state index is 0.108. The lowest BCUT2D eigenvalue weighted by atomic mass is 10.2. The molecule has 0 aliphatic carbocycles. The first-order valence-corrected chi connectivity index (χ1v) is 6.20. The molecule has 0 saturated carbocycles. The van der Waals surface area contributed by atoms with Gasteiger partial charge < -0.3 is 9.67 Å². The standard InChI is InChI=1S/C8H13N3O4S/c9-16(14,15)7-5-11(6-10-7)4-2-1-3-8(12)13/h5-6H,1-4H2,(H,12,13)(H2,9,14,15). The van der Waals surface area contributed by atoms with E-state index in [0.29, 0.717) is 19.4 Å². The van der Waals surface area contributed by atoms with Gasteiger partial charge in [0.15, 0.2) is 5.03 Å². The first kappa shape index (κ1) is 12.7. The van der Waals surface area contributed by atoms with Crippen LogP contribution in [0.1, 0.15) is 19.3 Å². The molecule has 1 rings (SSSR count). The smallest absolute Gasteiger partial charge is 0.303 e. The highest BCUT2D eigenvalue weighted by Crippen LogP contribution is 2.04. The lowest BCUT2D eigenvalue weighted by molar-refractivity contribution is -0.137. The van der Waals surface area contributed by atoms with Crippen molar-refractivity contribution in [2.75, 3.05) is 0 Å². The second-order valence-electron chi connectivity index (χ2n) is 3.35. The van der Waals surface area contributed by atoms with E-state index >= 15 is 0 Å². The summed E-state index contributed by atoms with van der Waals surface area (Å²) in [6, 6.07) is 0. The summed E-state index contributed by atoms with van der Waals surface area (Å²) in [5.41, 5.74) is 0. The quantitative estimate of drug-likeness (QED) is 0.674. The molecule has 3 N–H and O–H groups in total. The number of nitrogens with zero attached hydrogens (tertiary/aromatic N) is 2. The van der Waals surface area contributed by atoms with Crippen molar-refractivity contribution in [1.82, 2.24) is 9.55 Å². The molecule has 7 nitrogen and oxygen atoms in total. The van der Waals surface area contributed by atoms with E-state index in [2.05, 4.69) is 4.98 Å². The first-order valence-electron chi connectivity index (χ1n) is 4.66. The van der Waals surface area contributed by atoms with E-state index in [4.69, 9.17) is 10.2 Å². The second kappa shape index (κ2) is 5.08. The number of carbonyl (C=O) groups is 1. The molecule has 0 atom stereocenters. The molecule has 8 heteroatoms. The SMILES string of the molecule is NS(=O)(=O)c1cn(CCCCC(=O)O)cn1. The number of aliphatic carboxylic acids is 1. The Bertz CT molecular complexity index is 465. The van der Waals surface area contributed by atoms with Crippen molar-refractivity contribution in [3.63, 3.8) is 0 Å². The maximum Gasteiger partial charge on any atom is 0.303 e. The number of sulfonamides is 1. The summed E-state index contributed by atoms with van der Waals surface area (Å²) >= 11 is 0. The summed E-state index contributed by atoms with van der Waals surface area (Å²) in [6.45, 7) is 0.524. The monoisotopic (exact) mass is 247 g/mol. The molecule has 0 aliphatic rings. The number of primary sulfonamides is 1. The predicted molar refractivity (Wildman–Crippen MR) is 55.1 cm³/mol. The van der Waals surface area contributed by atoms with E-state index in [1.807, 2.05) is 0 Å². The van der Waals surface area contributed by atoms with Crippen LogP contribution in [0.15, 0.2) is 17.6 Å². The fourth-order valence-electron chi connectivity index (χ4n) is 1.18. The Morgan fingerprint density at radius 3 is 2.69 bits per heavy atom. The molecular weight excluding hydrogens is 234 g/mol. The molecule has 0 aliphatic heterocycles. The van der Waals surface area contributed by atoms with Gasteiger partial charge in [0.05, 0.1) is 6.33 Å². The van der Waals surface area contributed by atoms with Gasteiger partial charge >= 0.3 is 5.97 Å². The highest BCUT2D eigenvalue weighted by atomic mass is 32.2. The van der Waals surface area contributed by atoms with Crippen LogP contribution in [0.25, 0.3) is 0 Å². The summed E-state index contributed by atoms with van der Waals surface area (Å²) in [4.78, 5) is 13.9. The van der Waals surface area contributed by atoms with E-state index in [1.165, 1.54) is 12.5 Å². The van der Waals surface area contributed by atoms with E-state index in [9.17, 15) is 13.2 Å². The molecule has 1 aromatic rings. The number of carboxylic acids is 1. The fourth-order valence-corrected chi connectivity index (χ4v) is 1.66. The largest absolute Gasteiger partial charge is 0.481 e. The fraction of sp³-hybridized carbons (Fsp3) is 0.500. The zero-order chi connectivity index (χ0) is 12.2. The molecule has 0 radical (unpaired) electrons. The van der Waals surface area contributed by atoms with Crippen LogP contribution in [0.2, 0.25) is 0 Å². The van der Waals surface area contributed by atoms with Crippen molar-refractivity contribution in [1.29, 1.82) is 0 Å². The van der Waals surface area contributed by atoms with Crippen LogP contribution >= 0.6 is 0 Å². The van der Waals surface area contributed by atoms with Crippen LogP contribution in [-0.2, 0) is 21.4 Å². The van der Waals surface area contributed by atoms with E-state index in [1.54, 1.807) is 4.57 Å². The van der Waals surface area contributed by atoms with Crippen LogP contribution in [-0.4, -0.2) is 29.0 Å². The zero-order valence-corrected chi connectivity index (χ0v) is 9.35. The maximum absolute atomic E-state index is 10.9. The average Bonchev–Trinajstić information content (AvgIpc) is 2.59. The summed E-state index contributed by atoms with van der Waals surface area (Å²) in [7, 11) is -3.75. The number of unbranched alkanes of at least 4 members (excludes halogenated alkanes) is 1. The molecule has 16 heavy (non-hydrogen) atoms. The number of imidazole rings is 1. The van der Waals surface area contributed by atoms with Crippen molar-refractivity contribution < 1.29 is 18.3 Å². The van der Waals surface area contributed by atoms with Crippen LogP contribution in [0.5, 0.6) is 0 Å². The van der Waals surface area contributed by atoms with Gasteiger partial charge in [0.25, 0.3) is 10.0 Å². The molecular formula is C8H13N3O4S. The third kappa shape index (κ3) is 3.99. The Morgan fingerprint density at radius 2 is 2.19 bits per heavy atom. The van der Waals surface area contributed by atoms with Gasteiger partial charge in [-0.15, -0.1) is 0 Å². The third-order valence-electron chi connectivity index (χ3n) is 1.96. The molecule has 1 heterocycles. The van der Waals surface area contributed by atoms with Crippen molar-refractivity contribution in [2.24, 2.45) is 5.14 Å². The summed E-state index contributed by atoms with van der Waals surface area (Å²) in [5, 5.41) is 13.1. The number of rotatable bonds is 6. The lowest BCUT2D eigenvalue weighted by Gasteiger charge is -1.99. The summed E-state index contributed by atoms with van der Waals surface area (Å²) < 4.78 is 23.4. The Kier molecular flexibility index (Phi) is 4.02. The van der Waals surface area contributed by atoms with Gasteiger partial charge in [-0.1, -0.05) is 0 Å². The Morgan fingerprint density at radius 1 is 1.50 bits per heavy atom. The number of nitrogens with two attached hydrogens (primary N) is 1. The van der Waals surface area contributed by atoms with Crippen molar-refractivity contribution >= 4 is 16.0 Å². The second-order valence-corrected chi connectivity index (χ2v) is 4.85. The van der Waals surface area contributed by atoms with Crippen LogP contribution in [0, 0.1) is 0 Å². The van der Waals surface area contributed by atoms with Crippen molar-refractivity contribution in [3.8, 4) is 0 Å². The van der Waals surface area contributed by atoms with Gasteiger partial charge in [0, 0.05) is 19.2 Å². The number of aromatic nitrogens is 2. The minimum Gasteiger partial charge on any atom is -0.481 e. The van der Waals surface area contributed by atoms with Crippen LogP contribution in [0.3, 0.4) is 0 Å². The molecule has 0 bridgehead atoms. The van der Waals surface area contributed by atoms with Crippen LogP contribution in [0.4, 0.5) is 0 Å². The zero-order valence-electron chi connectivity index (χ0n) is 8.54. The highest BCUT2D eigenvalue weighted by molar-refractivity contribution is 7.89. The molecule has 0 unspecified atom stereocenters. The molecule has 0 aromatic carbocycles. The lowest BCUT2D eigenvalue weighted by Crippen LogP contribution is -2.12. The van der Waals surface area contributed by atoms with Crippen LogP contribution < -0.4 is 5.14 Å². The molecule has 0 amide bonds. The molecule has 0 fully saturated rings. The van der Waals surface area contributed by atoms with Gasteiger partial charge in [0.1, 0.15) is 0 Å². The third-order valence-corrected chi connectivity index (χ3v) is 2.75. The number of aryl methyl sites for hydroxylation is 1. The molecule has 0 spiro atoms. The predicted octanol–water partition coefficient (Wildman–Crippen LogP) is -0.215. The Labute approximate surface area is 93.0 Å². The first-order chi connectivity index (χ1) is 7.39. The Balaban J connectivity index is 2.44. The topological polar surface area (TPSA) is 115 Å². The maximum atomic E-state index is 10.9. The Hall–Kier alpha value is -1.41. The molecule has 0 saturated heterocycles. The number of carboxylic acid groups (broad SMARTS) is 1. The van der Waals surface area contributed by atoms with Gasteiger partial charge in [-0.25, -0.2) is 18.5 Å². The van der Waals surface area contributed by atoms with Gasteiger partial charge in [-0.2, -0.15) is 0 Å². The minimum atomic E-state index is -3.75.